The van der Waals surface area contributed by atoms with Crippen molar-refractivity contribution in [3.05, 3.63) is 59.3 Å². The second-order valence-corrected chi connectivity index (χ2v) is 6.61. The summed E-state index contributed by atoms with van der Waals surface area (Å²) in [7, 11) is 3.40. The van der Waals surface area contributed by atoms with Crippen LogP contribution in [0, 0.1) is 0 Å². The topological polar surface area (TPSA) is 71.0 Å². The predicted octanol–water partition coefficient (Wildman–Crippen LogP) is 2.41. The van der Waals surface area contributed by atoms with Crippen LogP contribution in [0.4, 0.5) is 0 Å². The minimum Gasteiger partial charge on any atom is -0.481 e. The first-order chi connectivity index (χ1) is 13.8. The number of nitrogens with one attached hydrogen (secondary N) is 2. The van der Waals surface area contributed by atoms with Crippen molar-refractivity contribution in [2.24, 2.45) is 4.99 Å². The van der Waals surface area contributed by atoms with Crippen LogP contribution in [0.3, 0.4) is 0 Å². The molecule has 0 aliphatic carbocycles. The molecule has 0 amide bonds. The summed E-state index contributed by atoms with van der Waals surface area (Å²) < 4.78 is 10.8. The zero-order valence-electron chi connectivity index (χ0n) is 17.1. The normalized spacial score (nSPS) is 14.8. The van der Waals surface area contributed by atoms with Crippen molar-refractivity contribution in [3.8, 4) is 5.88 Å². The van der Waals surface area contributed by atoms with Crippen LogP contribution in [0.5, 0.6) is 5.88 Å². The number of hydrogen-bond donors (Lipinski definition) is 2. The van der Waals surface area contributed by atoms with Crippen molar-refractivity contribution in [2.75, 3.05) is 40.5 Å². The lowest BCUT2D eigenvalue weighted by atomic mass is 10.1. The summed E-state index contributed by atoms with van der Waals surface area (Å²) in [6.07, 6.45) is 1.72. The van der Waals surface area contributed by atoms with Crippen LogP contribution in [0.15, 0.2) is 47.6 Å². The zero-order chi connectivity index (χ0) is 19.6. The molecule has 1 saturated heterocycles. The minimum absolute atomic E-state index is 0. The molecule has 0 saturated carbocycles. The quantitative estimate of drug-likeness (QED) is 0.338. The number of pyridine rings is 1. The molecule has 0 bridgehead atoms. The molecule has 1 fully saturated rings. The molecular formula is C21H30IN5O2. The van der Waals surface area contributed by atoms with E-state index in [1.165, 1.54) is 11.1 Å². The van der Waals surface area contributed by atoms with Gasteiger partial charge in [-0.25, -0.2) is 4.98 Å². The summed E-state index contributed by atoms with van der Waals surface area (Å²) in [5.74, 6) is 1.37. The third-order valence-corrected chi connectivity index (χ3v) is 4.78. The van der Waals surface area contributed by atoms with E-state index in [2.05, 4.69) is 49.8 Å². The van der Waals surface area contributed by atoms with Crippen LogP contribution >= 0.6 is 24.0 Å². The van der Waals surface area contributed by atoms with Crippen molar-refractivity contribution in [2.45, 2.75) is 19.6 Å². The maximum Gasteiger partial charge on any atom is 0.218 e. The number of halogens is 1. The Bertz CT molecular complexity index is 781. The van der Waals surface area contributed by atoms with Gasteiger partial charge in [0.25, 0.3) is 0 Å². The summed E-state index contributed by atoms with van der Waals surface area (Å²) in [6, 6.07) is 12.4. The highest BCUT2D eigenvalue weighted by molar-refractivity contribution is 14.0. The molecule has 3 rings (SSSR count). The lowest BCUT2D eigenvalue weighted by Crippen LogP contribution is -2.37. The van der Waals surface area contributed by atoms with E-state index in [1.54, 1.807) is 20.4 Å². The van der Waals surface area contributed by atoms with Crippen LogP contribution < -0.4 is 15.4 Å². The highest BCUT2D eigenvalue weighted by Crippen LogP contribution is 2.14. The highest BCUT2D eigenvalue weighted by Gasteiger charge is 2.13. The fraction of sp³-hybridized carbons (Fsp3) is 0.429. The molecule has 0 atom stereocenters. The fourth-order valence-electron chi connectivity index (χ4n) is 3.21. The Morgan fingerprint density at radius 3 is 2.41 bits per heavy atom. The summed E-state index contributed by atoms with van der Waals surface area (Å²) >= 11 is 0. The fourth-order valence-corrected chi connectivity index (χ4v) is 3.21. The molecule has 7 nitrogen and oxygen atoms in total. The molecule has 0 spiro atoms. The standard InChI is InChI=1S/C21H29N5O2.HI/c1-22-21(25-15-18-8-5-9-23-20(18)27-2)24-14-17-6-3-4-7-19(17)16-26-10-12-28-13-11-26;/h3-9H,10-16H2,1-2H3,(H2,22,24,25);1H. The first-order valence-electron chi connectivity index (χ1n) is 9.59. The second-order valence-electron chi connectivity index (χ2n) is 6.61. The maximum absolute atomic E-state index is 5.45. The van der Waals surface area contributed by atoms with Gasteiger partial charge in [0, 0.05) is 51.5 Å². The van der Waals surface area contributed by atoms with E-state index in [1.807, 2.05) is 12.1 Å². The monoisotopic (exact) mass is 511 g/mol. The van der Waals surface area contributed by atoms with E-state index in [4.69, 9.17) is 9.47 Å². The predicted molar refractivity (Wildman–Crippen MR) is 126 cm³/mol. The molecule has 1 aliphatic heterocycles. The van der Waals surface area contributed by atoms with E-state index in [0.29, 0.717) is 19.0 Å². The largest absolute Gasteiger partial charge is 0.481 e. The van der Waals surface area contributed by atoms with Crippen molar-refractivity contribution >= 4 is 29.9 Å². The van der Waals surface area contributed by atoms with Gasteiger partial charge >= 0.3 is 0 Å². The van der Waals surface area contributed by atoms with E-state index >= 15 is 0 Å². The Kier molecular flexibility index (Phi) is 10.2. The van der Waals surface area contributed by atoms with Crippen LogP contribution in [0.2, 0.25) is 0 Å². The van der Waals surface area contributed by atoms with E-state index in [9.17, 15) is 0 Å². The van der Waals surface area contributed by atoms with Gasteiger partial charge in [-0.2, -0.15) is 0 Å². The van der Waals surface area contributed by atoms with Gasteiger partial charge < -0.3 is 20.1 Å². The lowest BCUT2D eigenvalue weighted by Gasteiger charge is -2.27. The molecule has 0 radical (unpaired) electrons. The first kappa shape index (κ1) is 23.4. The summed E-state index contributed by atoms with van der Waals surface area (Å²) in [5.41, 5.74) is 3.60. The molecule has 1 aromatic heterocycles. The molecule has 8 heteroatoms. The smallest absolute Gasteiger partial charge is 0.218 e. The Labute approximate surface area is 189 Å². The lowest BCUT2D eigenvalue weighted by molar-refractivity contribution is 0.0341. The van der Waals surface area contributed by atoms with Crippen LogP contribution in [-0.4, -0.2) is 56.3 Å². The van der Waals surface area contributed by atoms with Crippen molar-refractivity contribution in [3.63, 3.8) is 0 Å². The first-order valence-corrected chi connectivity index (χ1v) is 9.59. The number of aromatic nitrogens is 1. The van der Waals surface area contributed by atoms with Crippen molar-refractivity contribution in [1.82, 2.24) is 20.5 Å². The Hall–Kier alpha value is -1.91. The minimum atomic E-state index is 0. The molecule has 1 aromatic carbocycles. The van der Waals surface area contributed by atoms with Crippen molar-refractivity contribution < 1.29 is 9.47 Å². The molecule has 1 aliphatic rings. The van der Waals surface area contributed by atoms with Crippen molar-refractivity contribution in [1.29, 1.82) is 0 Å². The summed E-state index contributed by atoms with van der Waals surface area (Å²) in [5, 5.41) is 6.73. The number of ether oxygens (including phenoxy) is 2. The molecule has 2 heterocycles. The SMILES string of the molecule is CN=C(NCc1ccccc1CN1CCOCC1)NCc1cccnc1OC.I. The number of guanidine groups is 1. The highest BCUT2D eigenvalue weighted by atomic mass is 127. The van der Waals surface area contributed by atoms with Crippen LogP contribution in [0.25, 0.3) is 0 Å². The summed E-state index contributed by atoms with van der Waals surface area (Å²) in [6.45, 7) is 5.84. The number of benzene rings is 1. The van der Waals surface area contributed by atoms with E-state index < -0.39 is 0 Å². The van der Waals surface area contributed by atoms with E-state index in [0.717, 1.165) is 44.4 Å². The average Bonchev–Trinajstić information content (AvgIpc) is 2.76. The molecule has 29 heavy (non-hydrogen) atoms. The molecule has 2 aromatic rings. The van der Waals surface area contributed by atoms with Gasteiger partial charge in [0.05, 0.1) is 20.3 Å². The Balaban J connectivity index is 0.00000300. The number of aliphatic imine (C=N–C) groups is 1. The maximum atomic E-state index is 5.45. The molecule has 2 N–H and O–H groups in total. The third-order valence-electron chi connectivity index (χ3n) is 4.78. The number of methoxy groups -OCH3 is 1. The number of hydrogen-bond acceptors (Lipinski definition) is 5. The summed E-state index contributed by atoms with van der Waals surface area (Å²) in [4.78, 5) is 11.0. The number of morpholine rings is 1. The van der Waals surface area contributed by atoms with Gasteiger partial charge in [0.2, 0.25) is 5.88 Å². The number of rotatable bonds is 7. The van der Waals surface area contributed by atoms with Gasteiger partial charge in [-0.1, -0.05) is 30.3 Å². The van der Waals surface area contributed by atoms with Gasteiger partial charge in [-0.3, -0.25) is 9.89 Å². The Morgan fingerprint density at radius 2 is 1.72 bits per heavy atom. The average molecular weight is 511 g/mol. The van der Waals surface area contributed by atoms with Crippen LogP contribution in [-0.2, 0) is 24.4 Å². The molecular weight excluding hydrogens is 481 g/mol. The molecule has 0 unspecified atom stereocenters. The Morgan fingerprint density at radius 1 is 1.07 bits per heavy atom. The van der Waals surface area contributed by atoms with Crippen LogP contribution in [0.1, 0.15) is 16.7 Å². The zero-order valence-corrected chi connectivity index (χ0v) is 19.4. The van der Waals surface area contributed by atoms with Gasteiger partial charge in [-0.15, -0.1) is 24.0 Å². The third kappa shape index (κ3) is 7.13. The second kappa shape index (κ2) is 12.6. The number of nitrogens with zero attached hydrogens (tertiary/aromatic N) is 3. The van der Waals surface area contributed by atoms with Gasteiger partial charge in [-0.05, 0) is 17.2 Å². The van der Waals surface area contributed by atoms with Gasteiger partial charge in [0.15, 0.2) is 5.96 Å². The van der Waals surface area contributed by atoms with Gasteiger partial charge in [0.1, 0.15) is 0 Å². The molecule has 158 valence electrons. The van der Waals surface area contributed by atoms with E-state index in [-0.39, 0.29) is 24.0 Å².